The molecule has 8 bridgehead atoms. The van der Waals surface area contributed by atoms with E-state index in [2.05, 4.69) is 94.9 Å². The van der Waals surface area contributed by atoms with Crippen molar-refractivity contribution in [3.63, 3.8) is 0 Å². The van der Waals surface area contributed by atoms with Crippen molar-refractivity contribution in [2.45, 2.75) is 0 Å². The Labute approximate surface area is 301 Å². The van der Waals surface area contributed by atoms with E-state index in [9.17, 15) is 0 Å². The zero-order chi connectivity index (χ0) is 34.7. The minimum absolute atomic E-state index is 0.718. The highest BCUT2D eigenvalue weighted by Crippen LogP contribution is 2.37. The average molecular weight is 669 g/mol. The third-order valence-corrected chi connectivity index (χ3v) is 9.11. The summed E-state index contributed by atoms with van der Waals surface area (Å²) in [6.45, 7) is 0. The molecule has 0 aliphatic carbocycles. The molecule has 6 nitrogen and oxygen atoms in total. The van der Waals surface area contributed by atoms with Crippen LogP contribution in [0, 0.1) is 0 Å². The van der Waals surface area contributed by atoms with E-state index in [4.69, 9.17) is 20.0 Å². The summed E-state index contributed by atoms with van der Waals surface area (Å²) >= 11 is 0. The Morgan fingerprint density at radius 1 is 0.365 bits per heavy atom. The van der Waals surface area contributed by atoms with Gasteiger partial charge in [-0.25, -0.2) is 9.97 Å². The van der Waals surface area contributed by atoms with Gasteiger partial charge in [0.2, 0.25) is 0 Å². The Kier molecular flexibility index (Phi) is 8.08. The Hall–Kier alpha value is -7.18. The van der Waals surface area contributed by atoms with E-state index in [1.165, 1.54) is 0 Å². The molecule has 0 spiro atoms. The third kappa shape index (κ3) is 6.10. The molecule has 2 aliphatic rings. The molecule has 0 amide bonds. The Morgan fingerprint density at radius 3 is 1.13 bits per heavy atom. The second-order valence-electron chi connectivity index (χ2n) is 12.5. The fourth-order valence-corrected chi connectivity index (χ4v) is 6.62. The number of hydrogen-bond donors (Lipinski definition) is 2. The van der Waals surface area contributed by atoms with Crippen molar-refractivity contribution in [2.24, 2.45) is 9.98 Å². The minimum Gasteiger partial charge on any atom is -0.353 e. The lowest BCUT2D eigenvalue weighted by Crippen LogP contribution is -1.88. The number of nitrogens with one attached hydrogen (secondary N) is 2. The quantitative estimate of drug-likeness (QED) is 0.173. The Bertz CT molecular complexity index is 2520. The van der Waals surface area contributed by atoms with E-state index in [1.54, 1.807) is 0 Å². The van der Waals surface area contributed by atoms with Gasteiger partial charge in [0.05, 0.1) is 33.8 Å². The number of H-pyrrole nitrogens is 2. The van der Waals surface area contributed by atoms with Crippen molar-refractivity contribution < 1.29 is 0 Å². The molecule has 2 N–H and O–H groups in total. The highest BCUT2D eigenvalue weighted by Gasteiger charge is 2.17. The average Bonchev–Trinajstić information content (AvgIpc) is 4.04. The zero-order valence-corrected chi connectivity index (χ0v) is 28.1. The lowest BCUT2D eigenvalue weighted by Gasteiger charge is -2.05. The van der Waals surface area contributed by atoms with Gasteiger partial charge < -0.3 is 9.97 Å². The molecule has 6 heteroatoms. The molecule has 9 rings (SSSR count). The number of hydrogen-bond acceptors (Lipinski definition) is 4. The number of benzene rings is 4. The highest BCUT2D eigenvalue weighted by molar-refractivity contribution is 5.99. The maximum atomic E-state index is 5.32. The largest absolute Gasteiger partial charge is 0.353 e. The van der Waals surface area contributed by atoms with Gasteiger partial charge in [-0.05, 0) is 70.8 Å². The van der Waals surface area contributed by atoms with Gasteiger partial charge in [0.1, 0.15) is 11.4 Å². The lowest BCUT2D eigenvalue weighted by atomic mass is 10.0. The third-order valence-electron chi connectivity index (χ3n) is 9.11. The molecule has 0 fully saturated rings. The topological polar surface area (TPSA) is 82.1 Å². The van der Waals surface area contributed by atoms with Crippen LogP contribution in [0.1, 0.15) is 33.9 Å². The molecule has 2 aliphatic heterocycles. The van der Waals surface area contributed by atoms with Crippen LogP contribution in [0.4, 0.5) is 11.4 Å². The maximum absolute atomic E-state index is 5.32. The molecule has 0 saturated carbocycles. The molecule has 4 aromatic carbocycles. The van der Waals surface area contributed by atoms with Crippen molar-refractivity contribution >= 4 is 70.2 Å². The fourth-order valence-electron chi connectivity index (χ4n) is 6.62. The van der Waals surface area contributed by atoms with E-state index in [-0.39, 0.29) is 0 Å². The number of fused-ring (bicyclic) bond motifs is 8. The van der Waals surface area contributed by atoms with Crippen molar-refractivity contribution in [1.29, 1.82) is 0 Å². The van der Waals surface area contributed by atoms with E-state index >= 15 is 0 Å². The van der Waals surface area contributed by atoms with Crippen LogP contribution in [0.15, 0.2) is 156 Å². The summed E-state index contributed by atoms with van der Waals surface area (Å²) in [7, 11) is 0. The first kappa shape index (κ1) is 30.8. The monoisotopic (exact) mass is 668 g/mol. The summed E-state index contributed by atoms with van der Waals surface area (Å²) in [4.78, 5) is 28.0. The summed E-state index contributed by atoms with van der Waals surface area (Å²) in [5.41, 5.74) is 14.3. The van der Waals surface area contributed by atoms with Crippen LogP contribution < -0.4 is 0 Å². The predicted molar refractivity (Wildman–Crippen MR) is 217 cm³/mol. The molecule has 0 saturated heterocycles. The van der Waals surface area contributed by atoms with E-state index in [0.717, 1.165) is 89.6 Å². The summed E-state index contributed by atoms with van der Waals surface area (Å²) < 4.78 is 0. The van der Waals surface area contributed by atoms with Gasteiger partial charge in [-0.2, -0.15) is 0 Å². The first-order valence-corrected chi connectivity index (χ1v) is 17.2. The molecular formula is C46H32N6. The van der Waals surface area contributed by atoms with Crippen LogP contribution >= 0.6 is 0 Å². The normalized spacial score (nSPS) is 12.3. The van der Waals surface area contributed by atoms with Gasteiger partial charge in [0, 0.05) is 34.6 Å². The van der Waals surface area contributed by atoms with Gasteiger partial charge in [0.15, 0.2) is 0 Å². The predicted octanol–water partition coefficient (Wildman–Crippen LogP) is 11.5. The van der Waals surface area contributed by atoms with E-state index in [1.807, 2.05) is 97.4 Å². The summed E-state index contributed by atoms with van der Waals surface area (Å²) in [5.74, 6) is 0. The molecule has 246 valence electrons. The van der Waals surface area contributed by atoms with Crippen molar-refractivity contribution in [2.75, 3.05) is 0 Å². The number of aromatic nitrogens is 4. The molecule has 0 unspecified atom stereocenters. The van der Waals surface area contributed by atoms with Crippen molar-refractivity contribution in [3.05, 3.63) is 179 Å². The first-order valence-electron chi connectivity index (χ1n) is 17.2. The summed E-state index contributed by atoms with van der Waals surface area (Å²) in [5, 5.41) is 0. The molecular weight excluding hydrogens is 637 g/mol. The second kappa shape index (κ2) is 13.6. The Balaban J connectivity index is 1.40. The van der Waals surface area contributed by atoms with E-state index < -0.39 is 0 Å². The summed E-state index contributed by atoms with van der Waals surface area (Å²) in [6, 6.07) is 49.3. The number of aromatic amines is 2. The summed E-state index contributed by atoms with van der Waals surface area (Å²) in [6.07, 6.45) is 12.0. The van der Waals surface area contributed by atoms with Gasteiger partial charge in [-0.1, -0.05) is 121 Å². The van der Waals surface area contributed by atoms with Gasteiger partial charge >= 0.3 is 0 Å². The molecule has 0 radical (unpaired) electrons. The molecule has 52 heavy (non-hydrogen) atoms. The zero-order valence-electron chi connectivity index (χ0n) is 28.1. The van der Waals surface area contributed by atoms with Crippen LogP contribution in [-0.2, 0) is 0 Å². The second-order valence-corrected chi connectivity index (χ2v) is 12.5. The van der Waals surface area contributed by atoms with Crippen molar-refractivity contribution in [1.82, 2.24) is 19.9 Å². The standard InChI is InChI=1S/C46H32N6/c1-5-13-31(14-6-1)29-47-45-39-25-23-37(50-39)43(33-17-9-3-10-18-33)35-21-22-36(49-35)44(34-19-11-4-12-20-34)38-24-26-40(51-38)46(42-28-27-41(45)52-42)48-30-32-15-7-2-8-16-32/h1-30,50-51H. The first-order chi connectivity index (χ1) is 25.8. The number of aliphatic imine (C=N–C) groups is 2. The maximum Gasteiger partial charge on any atom is 0.112 e. The number of nitrogens with zero attached hydrogens (tertiary/aromatic N) is 4. The van der Waals surface area contributed by atoms with Gasteiger partial charge in [-0.3, -0.25) is 9.98 Å². The highest BCUT2D eigenvalue weighted by atomic mass is 14.9. The molecule has 0 atom stereocenters. The van der Waals surface area contributed by atoms with Gasteiger partial charge in [0.25, 0.3) is 0 Å². The SMILES string of the molecule is C1=Cc2nc1c(N=Cc1ccccc1)c1ccc([nH]1)c(-c1ccccc1)c1nc(c(-c3ccccc3)c3ccc([nH]3)c2N=Cc2ccccc2)C=C1. The number of rotatable bonds is 6. The van der Waals surface area contributed by atoms with Crippen LogP contribution in [0.25, 0.3) is 68.6 Å². The molecule has 3 aromatic heterocycles. The lowest BCUT2D eigenvalue weighted by molar-refractivity contribution is 1.29. The van der Waals surface area contributed by atoms with Crippen LogP contribution in [0.2, 0.25) is 0 Å². The molecule has 5 heterocycles. The molecule has 7 aromatic rings. The van der Waals surface area contributed by atoms with Crippen LogP contribution in [-0.4, -0.2) is 32.4 Å². The minimum atomic E-state index is 0.718. The van der Waals surface area contributed by atoms with Crippen molar-refractivity contribution in [3.8, 4) is 22.3 Å². The van der Waals surface area contributed by atoms with E-state index in [0.29, 0.717) is 0 Å². The fraction of sp³-hybridized carbons (Fsp3) is 0. The smallest absolute Gasteiger partial charge is 0.112 e. The Morgan fingerprint density at radius 2 is 0.712 bits per heavy atom. The van der Waals surface area contributed by atoms with Crippen LogP contribution in [0.3, 0.4) is 0 Å². The van der Waals surface area contributed by atoms with Gasteiger partial charge in [-0.15, -0.1) is 0 Å². The van der Waals surface area contributed by atoms with Crippen LogP contribution in [0.5, 0.6) is 0 Å².